The predicted octanol–water partition coefficient (Wildman–Crippen LogP) is 5.14. The Morgan fingerprint density at radius 3 is 2.79 bits per heavy atom. The molecule has 1 saturated heterocycles. The van der Waals surface area contributed by atoms with E-state index >= 15 is 0 Å². The normalized spacial score (nSPS) is 16.9. The predicted molar refractivity (Wildman–Crippen MR) is 141 cm³/mol. The number of hydrogen-bond acceptors (Lipinski definition) is 8. The van der Waals surface area contributed by atoms with Crippen LogP contribution in [0.3, 0.4) is 0 Å². The zero-order chi connectivity index (χ0) is 27.7. The van der Waals surface area contributed by atoms with E-state index in [4.69, 9.17) is 21.1 Å². The fraction of sp³-hybridized carbons (Fsp3) is 0.346. The van der Waals surface area contributed by atoms with E-state index in [0.29, 0.717) is 43.5 Å². The van der Waals surface area contributed by atoms with E-state index < -0.39 is 17.6 Å². The van der Waals surface area contributed by atoms with Gasteiger partial charge in [0, 0.05) is 36.1 Å². The molecule has 2 aliphatic heterocycles. The van der Waals surface area contributed by atoms with Gasteiger partial charge >= 0.3 is 6.18 Å². The number of rotatable bonds is 6. The number of benzene rings is 2. The standard InChI is InChI=1S/C26H26ClF3N6O3/c1-35(2)18-5-7-36(13-18)19-11-16(26(28,29)30)10-17(12-19)34-24(37)15-3-4-20(27)21(9-15)39-25-22-23(32-14-33-25)31-6-8-38-22/h3-4,9-12,14,18H,5-8,13H2,1-2H3,(H,34,37)(H,31,32,33). The van der Waals surface area contributed by atoms with Crippen LogP contribution in [-0.2, 0) is 6.18 Å². The highest BCUT2D eigenvalue weighted by atomic mass is 35.5. The molecule has 13 heteroatoms. The van der Waals surface area contributed by atoms with Crippen molar-refractivity contribution >= 4 is 34.7 Å². The van der Waals surface area contributed by atoms with Gasteiger partial charge in [-0.3, -0.25) is 4.79 Å². The van der Waals surface area contributed by atoms with Crippen molar-refractivity contribution in [2.75, 3.05) is 55.9 Å². The largest absolute Gasteiger partial charge is 0.483 e. The van der Waals surface area contributed by atoms with Gasteiger partial charge in [-0.1, -0.05) is 11.6 Å². The van der Waals surface area contributed by atoms with Crippen LogP contribution in [0.2, 0.25) is 5.02 Å². The number of nitrogens with zero attached hydrogens (tertiary/aromatic N) is 4. The van der Waals surface area contributed by atoms with Crippen LogP contribution in [0.15, 0.2) is 42.7 Å². The summed E-state index contributed by atoms with van der Waals surface area (Å²) < 4.78 is 52.6. The van der Waals surface area contributed by atoms with Gasteiger partial charge < -0.3 is 29.9 Å². The Labute approximate surface area is 227 Å². The third-order valence-corrected chi connectivity index (χ3v) is 6.89. The number of aromatic nitrogens is 2. The van der Waals surface area contributed by atoms with E-state index in [2.05, 4.69) is 25.5 Å². The molecule has 1 atom stereocenters. The third-order valence-electron chi connectivity index (χ3n) is 6.57. The molecule has 2 N–H and O–H groups in total. The summed E-state index contributed by atoms with van der Waals surface area (Å²) >= 11 is 6.30. The molecule has 0 aliphatic carbocycles. The van der Waals surface area contributed by atoms with E-state index in [1.165, 1.54) is 24.5 Å². The first kappa shape index (κ1) is 26.8. The highest BCUT2D eigenvalue weighted by Crippen LogP contribution is 2.39. The summed E-state index contributed by atoms with van der Waals surface area (Å²) in [5, 5.41) is 5.87. The van der Waals surface area contributed by atoms with E-state index in [-0.39, 0.29) is 33.9 Å². The van der Waals surface area contributed by atoms with Crippen molar-refractivity contribution in [2.45, 2.75) is 18.6 Å². The first-order valence-electron chi connectivity index (χ1n) is 12.2. The Balaban J connectivity index is 1.39. The number of likely N-dealkylation sites (N-methyl/N-ethyl adjacent to an activating group) is 1. The Kier molecular flexibility index (Phi) is 7.41. The van der Waals surface area contributed by atoms with Crippen molar-refractivity contribution in [2.24, 2.45) is 0 Å². The highest BCUT2D eigenvalue weighted by molar-refractivity contribution is 6.32. The molecule has 2 aliphatic rings. The van der Waals surface area contributed by atoms with Crippen LogP contribution in [0.4, 0.5) is 30.4 Å². The Morgan fingerprint density at radius 1 is 1.23 bits per heavy atom. The molecule has 1 fully saturated rings. The summed E-state index contributed by atoms with van der Waals surface area (Å²) in [4.78, 5) is 25.3. The van der Waals surface area contributed by atoms with Gasteiger partial charge in [0.2, 0.25) is 5.75 Å². The van der Waals surface area contributed by atoms with E-state index in [9.17, 15) is 18.0 Å². The number of fused-ring (bicyclic) bond motifs is 1. The summed E-state index contributed by atoms with van der Waals surface area (Å²) in [6, 6.07) is 8.12. The molecule has 39 heavy (non-hydrogen) atoms. The minimum atomic E-state index is -4.58. The van der Waals surface area contributed by atoms with E-state index in [0.717, 1.165) is 18.6 Å². The monoisotopic (exact) mass is 562 g/mol. The molecule has 0 spiro atoms. The van der Waals surface area contributed by atoms with E-state index in [1.54, 1.807) is 6.07 Å². The second-order valence-electron chi connectivity index (χ2n) is 9.45. The zero-order valence-corrected chi connectivity index (χ0v) is 21.9. The Morgan fingerprint density at radius 2 is 2.05 bits per heavy atom. The average molecular weight is 563 g/mol. The van der Waals surface area contributed by atoms with Crippen LogP contribution in [0.1, 0.15) is 22.3 Å². The molecule has 5 rings (SSSR count). The SMILES string of the molecule is CN(C)C1CCN(c2cc(NC(=O)c3ccc(Cl)c(Oc4ncnc5c4OCCN5)c3)cc(C(F)(F)F)c2)C1. The molecular weight excluding hydrogens is 537 g/mol. The van der Waals surface area contributed by atoms with Crippen LogP contribution < -0.4 is 25.0 Å². The van der Waals surface area contributed by atoms with Gasteiger partial charge in [-0.2, -0.15) is 18.2 Å². The number of ether oxygens (including phenoxy) is 2. The molecule has 0 bridgehead atoms. The maximum atomic E-state index is 13.7. The van der Waals surface area contributed by atoms with Crippen molar-refractivity contribution in [1.82, 2.24) is 14.9 Å². The molecule has 1 amide bonds. The molecule has 3 heterocycles. The Hall–Kier alpha value is -3.77. The molecule has 0 saturated carbocycles. The first-order chi connectivity index (χ1) is 18.6. The van der Waals surface area contributed by atoms with Gasteiger partial charge in [-0.15, -0.1) is 0 Å². The molecule has 206 valence electrons. The van der Waals surface area contributed by atoms with Crippen LogP contribution in [0.25, 0.3) is 0 Å². The van der Waals surface area contributed by atoms with Gasteiger partial charge in [-0.25, -0.2) is 4.98 Å². The maximum absolute atomic E-state index is 13.7. The minimum absolute atomic E-state index is 0.0277. The summed E-state index contributed by atoms with van der Waals surface area (Å²) in [5.74, 6) is 0.375. The van der Waals surface area contributed by atoms with Gasteiger partial charge in [0.15, 0.2) is 5.82 Å². The van der Waals surface area contributed by atoms with Gasteiger partial charge in [0.25, 0.3) is 11.8 Å². The summed E-state index contributed by atoms with van der Waals surface area (Å²) in [6.45, 7) is 2.16. The van der Waals surface area contributed by atoms with Crippen molar-refractivity contribution in [3.63, 3.8) is 0 Å². The fourth-order valence-electron chi connectivity index (χ4n) is 4.47. The minimum Gasteiger partial charge on any atom is -0.483 e. The molecule has 1 aromatic heterocycles. The van der Waals surface area contributed by atoms with Crippen LogP contribution in [0.5, 0.6) is 17.4 Å². The molecule has 9 nitrogen and oxygen atoms in total. The van der Waals surface area contributed by atoms with Crippen LogP contribution in [0, 0.1) is 0 Å². The quantitative estimate of drug-likeness (QED) is 0.427. The number of carbonyl (C=O) groups is 1. The summed E-state index contributed by atoms with van der Waals surface area (Å²) in [5.41, 5.74) is -0.290. The molecule has 2 aromatic carbocycles. The number of amides is 1. The van der Waals surface area contributed by atoms with Crippen molar-refractivity contribution in [3.8, 4) is 17.4 Å². The average Bonchev–Trinajstić information content (AvgIpc) is 3.40. The van der Waals surface area contributed by atoms with Gasteiger partial charge in [0.1, 0.15) is 18.7 Å². The summed E-state index contributed by atoms with van der Waals surface area (Å²) in [6.07, 6.45) is -2.45. The third kappa shape index (κ3) is 5.96. The number of halogens is 4. The second-order valence-corrected chi connectivity index (χ2v) is 9.86. The van der Waals surface area contributed by atoms with Crippen molar-refractivity contribution < 1.29 is 27.4 Å². The van der Waals surface area contributed by atoms with Crippen LogP contribution in [-0.4, -0.2) is 67.2 Å². The highest BCUT2D eigenvalue weighted by Gasteiger charge is 2.33. The molecular formula is C26H26ClF3N6O3. The smallest absolute Gasteiger partial charge is 0.416 e. The van der Waals surface area contributed by atoms with Crippen molar-refractivity contribution in [1.29, 1.82) is 0 Å². The van der Waals surface area contributed by atoms with Gasteiger partial charge in [0.05, 0.1) is 17.1 Å². The first-order valence-corrected chi connectivity index (χ1v) is 12.6. The lowest BCUT2D eigenvalue weighted by Crippen LogP contribution is -2.31. The van der Waals surface area contributed by atoms with Crippen LogP contribution >= 0.6 is 11.6 Å². The number of nitrogens with one attached hydrogen (secondary N) is 2. The number of hydrogen-bond donors (Lipinski definition) is 2. The summed E-state index contributed by atoms with van der Waals surface area (Å²) in [7, 11) is 3.89. The lowest BCUT2D eigenvalue weighted by atomic mass is 10.1. The second kappa shape index (κ2) is 10.8. The lowest BCUT2D eigenvalue weighted by molar-refractivity contribution is -0.137. The molecule has 3 aromatic rings. The number of alkyl halides is 3. The zero-order valence-electron chi connectivity index (χ0n) is 21.2. The van der Waals surface area contributed by atoms with Gasteiger partial charge in [-0.05, 0) is 56.9 Å². The number of carbonyl (C=O) groups excluding carboxylic acids is 1. The topological polar surface area (TPSA) is 91.9 Å². The molecule has 1 unspecified atom stereocenters. The van der Waals surface area contributed by atoms with E-state index in [1.807, 2.05) is 19.0 Å². The Bertz CT molecular complexity index is 1390. The number of anilines is 3. The van der Waals surface area contributed by atoms with Crippen molar-refractivity contribution in [3.05, 3.63) is 58.9 Å². The maximum Gasteiger partial charge on any atom is 0.416 e. The lowest BCUT2D eigenvalue weighted by Gasteiger charge is -2.23. The molecule has 0 radical (unpaired) electrons. The fourth-order valence-corrected chi connectivity index (χ4v) is 4.62.